The molecular weight excluding hydrogens is 202 g/mol. The van der Waals surface area contributed by atoms with Gasteiger partial charge in [0.25, 0.3) is 0 Å². The van der Waals surface area contributed by atoms with Crippen LogP contribution in [-0.4, -0.2) is 26.9 Å². The summed E-state index contributed by atoms with van der Waals surface area (Å²) < 4.78 is 10.4. The van der Waals surface area contributed by atoms with E-state index in [0.717, 1.165) is 24.0 Å². The highest BCUT2D eigenvalue weighted by molar-refractivity contribution is 5.49. The molecule has 0 saturated heterocycles. The SMILES string of the molecule is COCC(Nc1cccc(OC)c1)C1CC1. The van der Waals surface area contributed by atoms with Gasteiger partial charge in [0.1, 0.15) is 5.75 Å². The van der Waals surface area contributed by atoms with Crippen molar-refractivity contribution in [3.05, 3.63) is 24.3 Å². The van der Waals surface area contributed by atoms with Crippen LogP contribution in [0.5, 0.6) is 5.75 Å². The molecule has 0 heterocycles. The highest BCUT2D eigenvalue weighted by Gasteiger charge is 2.31. The fraction of sp³-hybridized carbons (Fsp3) is 0.538. The maximum Gasteiger partial charge on any atom is 0.120 e. The third kappa shape index (κ3) is 2.89. The van der Waals surface area contributed by atoms with Crippen LogP contribution in [0.15, 0.2) is 24.3 Å². The molecule has 0 bridgehead atoms. The van der Waals surface area contributed by atoms with E-state index >= 15 is 0 Å². The Morgan fingerprint density at radius 2 is 2.19 bits per heavy atom. The van der Waals surface area contributed by atoms with Gasteiger partial charge in [0.2, 0.25) is 0 Å². The lowest BCUT2D eigenvalue weighted by Crippen LogP contribution is -2.27. The van der Waals surface area contributed by atoms with Gasteiger partial charge in [0.15, 0.2) is 0 Å². The van der Waals surface area contributed by atoms with Crippen LogP contribution < -0.4 is 10.1 Å². The lowest BCUT2D eigenvalue weighted by molar-refractivity contribution is 0.179. The third-order valence-electron chi connectivity index (χ3n) is 2.96. The lowest BCUT2D eigenvalue weighted by Gasteiger charge is -2.18. The van der Waals surface area contributed by atoms with Crippen molar-refractivity contribution < 1.29 is 9.47 Å². The number of methoxy groups -OCH3 is 2. The van der Waals surface area contributed by atoms with Crippen molar-refractivity contribution in [2.24, 2.45) is 5.92 Å². The van der Waals surface area contributed by atoms with E-state index < -0.39 is 0 Å². The van der Waals surface area contributed by atoms with E-state index in [-0.39, 0.29) is 0 Å². The predicted octanol–water partition coefficient (Wildman–Crippen LogP) is 2.53. The summed E-state index contributed by atoms with van der Waals surface area (Å²) >= 11 is 0. The van der Waals surface area contributed by atoms with Crippen molar-refractivity contribution in [3.63, 3.8) is 0 Å². The first kappa shape index (κ1) is 11.3. The highest BCUT2D eigenvalue weighted by Crippen LogP contribution is 2.34. The van der Waals surface area contributed by atoms with Crippen LogP contribution in [0, 0.1) is 5.92 Å². The molecule has 1 aromatic carbocycles. The Morgan fingerprint density at radius 1 is 1.38 bits per heavy atom. The topological polar surface area (TPSA) is 30.5 Å². The molecule has 0 aliphatic heterocycles. The van der Waals surface area contributed by atoms with Crippen LogP contribution in [0.1, 0.15) is 12.8 Å². The van der Waals surface area contributed by atoms with Gasteiger partial charge in [-0.2, -0.15) is 0 Å². The summed E-state index contributed by atoms with van der Waals surface area (Å²) in [6, 6.07) is 8.46. The molecule has 0 amide bonds. The standard InChI is InChI=1S/C13H19NO2/c1-15-9-13(10-6-7-10)14-11-4-3-5-12(8-11)16-2/h3-5,8,10,13-14H,6-7,9H2,1-2H3. The Balaban J connectivity index is 1.99. The smallest absolute Gasteiger partial charge is 0.120 e. The first-order valence-electron chi connectivity index (χ1n) is 5.73. The zero-order valence-corrected chi connectivity index (χ0v) is 9.90. The molecule has 1 unspecified atom stereocenters. The molecule has 16 heavy (non-hydrogen) atoms. The van der Waals surface area contributed by atoms with Gasteiger partial charge in [-0.15, -0.1) is 0 Å². The van der Waals surface area contributed by atoms with Gasteiger partial charge in [0, 0.05) is 18.9 Å². The van der Waals surface area contributed by atoms with Crippen LogP contribution in [0.2, 0.25) is 0 Å². The lowest BCUT2D eigenvalue weighted by atomic mass is 10.2. The van der Waals surface area contributed by atoms with Gasteiger partial charge in [-0.1, -0.05) is 6.07 Å². The largest absolute Gasteiger partial charge is 0.497 e. The Kier molecular flexibility index (Phi) is 3.67. The summed E-state index contributed by atoms with van der Waals surface area (Å²) in [5, 5.41) is 3.51. The Labute approximate surface area is 96.8 Å². The number of benzene rings is 1. The molecular formula is C13H19NO2. The zero-order chi connectivity index (χ0) is 11.4. The molecule has 1 fully saturated rings. The minimum atomic E-state index is 0.428. The minimum absolute atomic E-state index is 0.428. The molecule has 2 rings (SSSR count). The molecule has 3 heteroatoms. The Bertz CT molecular complexity index is 336. The van der Waals surface area contributed by atoms with Crippen LogP contribution in [0.25, 0.3) is 0 Å². The van der Waals surface area contributed by atoms with E-state index in [4.69, 9.17) is 9.47 Å². The summed E-state index contributed by atoms with van der Waals surface area (Å²) in [5.41, 5.74) is 1.10. The van der Waals surface area contributed by atoms with Crippen molar-refractivity contribution >= 4 is 5.69 Å². The maximum atomic E-state index is 5.24. The number of rotatable bonds is 6. The fourth-order valence-electron chi connectivity index (χ4n) is 1.90. The molecule has 1 aromatic rings. The number of ether oxygens (including phenoxy) is 2. The van der Waals surface area contributed by atoms with E-state index in [1.165, 1.54) is 12.8 Å². The summed E-state index contributed by atoms with van der Waals surface area (Å²) in [5.74, 6) is 1.66. The Morgan fingerprint density at radius 3 is 2.81 bits per heavy atom. The van der Waals surface area contributed by atoms with E-state index in [1.54, 1.807) is 14.2 Å². The van der Waals surface area contributed by atoms with E-state index in [1.807, 2.05) is 18.2 Å². The molecule has 3 nitrogen and oxygen atoms in total. The summed E-state index contributed by atoms with van der Waals surface area (Å²) in [4.78, 5) is 0. The van der Waals surface area contributed by atoms with Crippen molar-refractivity contribution in [2.75, 3.05) is 26.1 Å². The summed E-state index contributed by atoms with van der Waals surface area (Å²) in [6.45, 7) is 0.766. The van der Waals surface area contributed by atoms with Crippen LogP contribution in [-0.2, 0) is 4.74 Å². The molecule has 88 valence electrons. The van der Waals surface area contributed by atoms with Gasteiger partial charge < -0.3 is 14.8 Å². The molecule has 1 aliphatic rings. The number of hydrogen-bond donors (Lipinski definition) is 1. The molecule has 0 spiro atoms. The van der Waals surface area contributed by atoms with Gasteiger partial charge in [-0.25, -0.2) is 0 Å². The highest BCUT2D eigenvalue weighted by atomic mass is 16.5. The second-order valence-electron chi connectivity index (χ2n) is 4.28. The molecule has 1 N–H and O–H groups in total. The van der Waals surface area contributed by atoms with Gasteiger partial charge in [-0.3, -0.25) is 0 Å². The van der Waals surface area contributed by atoms with Gasteiger partial charge in [-0.05, 0) is 30.9 Å². The molecule has 1 saturated carbocycles. The summed E-state index contributed by atoms with van der Waals surface area (Å²) in [7, 11) is 3.44. The van der Waals surface area contributed by atoms with Crippen molar-refractivity contribution in [1.82, 2.24) is 0 Å². The first-order chi connectivity index (χ1) is 7.83. The Hall–Kier alpha value is -1.22. The predicted molar refractivity (Wildman–Crippen MR) is 65.0 cm³/mol. The maximum absolute atomic E-state index is 5.24. The quantitative estimate of drug-likeness (QED) is 0.800. The first-order valence-corrected chi connectivity index (χ1v) is 5.73. The number of anilines is 1. The number of hydrogen-bond acceptors (Lipinski definition) is 3. The minimum Gasteiger partial charge on any atom is -0.497 e. The van der Waals surface area contributed by atoms with Crippen LogP contribution >= 0.6 is 0 Å². The van der Waals surface area contributed by atoms with Gasteiger partial charge >= 0.3 is 0 Å². The normalized spacial score (nSPS) is 16.9. The van der Waals surface area contributed by atoms with Crippen LogP contribution in [0.3, 0.4) is 0 Å². The van der Waals surface area contributed by atoms with Crippen LogP contribution in [0.4, 0.5) is 5.69 Å². The molecule has 1 atom stereocenters. The zero-order valence-electron chi connectivity index (χ0n) is 9.90. The monoisotopic (exact) mass is 221 g/mol. The molecule has 0 radical (unpaired) electrons. The summed E-state index contributed by atoms with van der Waals surface area (Å²) in [6.07, 6.45) is 2.62. The van der Waals surface area contributed by atoms with E-state index in [2.05, 4.69) is 11.4 Å². The average Bonchev–Trinajstić information content (AvgIpc) is 3.13. The average molecular weight is 221 g/mol. The van der Waals surface area contributed by atoms with E-state index in [9.17, 15) is 0 Å². The van der Waals surface area contributed by atoms with Gasteiger partial charge in [0.05, 0.1) is 19.8 Å². The van der Waals surface area contributed by atoms with Crippen molar-refractivity contribution in [2.45, 2.75) is 18.9 Å². The third-order valence-corrected chi connectivity index (χ3v) is 2.96. The second kappa shape index (κ2) is 5.21. The van der Waals surface area contributed by atoms with Crippen molar-refractivity contribution in [3.8, 4) is 5.75 Å². The second-order valence-corrected chi connectivity index (χ2v) is 4.28. The fourth-order valence-corrected chi connectivity index (χ4v) is 1.90. The van der Waals surface area contributed by atoms with E-state index in [0.29, 0.717) is 6.04 Å². The molecule has 0 aromatic heterocycles. The number of nitrogens with one attached hydrogen (secondary N) is 1. The molecule has 1 aliphatic carbocycles. The van der Waals surface area contributed by atoms with Crippen molar-refractivity contribution in [1.29, 1.82) is 0 Å².